The topological polar surface area (TPSA) is 42.4 Å². The number of nitrogens with zero attached hydrogens (tertiary/aromatic N) is 2. The molecule has 15 heavy (non-hydrogen) atoms. The maximum atomic E-state index is 11.2. The summed E-state index contributed by atoms with van der Waals surface area (Å²) in [7, 11) is 1.37. The smallest absolute Gasteiger partial charge is 0.357 e. The van der Waals surface area contributed by atoms with Crippen LogP contribution in [0.1, 0.15) is 30.3 Å². The normalized spacial score (nSPS) is 20.7. The first-order valence-corrected chi connectivity index (χ1v) is 5.91. The van der Waals surface area contributed by atoms with Crippen LogP contribution in [0.3, 0.4) is 0 Å². The Hall–Kier alpha value is -1.10. The largest absolute Gasteiger partial charge is 0.464 e. The monoisotopic (exact) mass is 226 g/mol. The molecule has 82 valence electrons. The number of carbonyl (C=O) groups is 1. The number of carbonyl (C=O) groups excluding carboxylic acids is 1. The van der Waals surface area contributed by atoms with Crippen LogP contribution in [0.15, 0.2) is 5.38 Å². The highest BCUT2D eigenvalue weighted by Gasteiger charge is 2.23. The number of aromatic nitrogens is 1. The maximum absolute atomic E-state index is 11.2. The van der Waals surface area contributed by atoms with Gasteiger partial charge in [0.1, 0.15) is 0 Å². The summed E-state index contributed by atoms with van der Waals surface area (Å²) >= 11 is 1.51. The lowest BCUT2D eigenvalue weighted by Gasteiger charge is -2.19. The first-order valence-electron chi connectivity index (χ1n) is 5.03. The molecule has 5 heteroatoms. The molecule has 0 aliphatic carbocycles. The second kappa shape index (κ2) is 4.18. The zero-order valence-electron chi connectivity index (χ0n) is 8.90. The van der Waals surface area contributed by atoms with Gasteiger partial charge in [-0.1, -0.05) is 0 Å². The van der Waals surface area contributed by atoms with Crippen molar-refractivity contribution in [2.45, 2.75) is 25.8 Å². The lowest BCUT2D eigenvalue weighted by atomic mass is 10.2. The van der Waals surface area contributed by atoms with Crippen molar-refractivity contribution in [3.63, 3.8) is 0 Å². The van der Waals surface area contributed by atoms with E-state index < -0.39 is 0 Å². The van der Waals surface area contributed by atoms with Crippen molar-refractivity contribution < 1.29 is 9.53 Å². The molecule has 1 aromatic rings. The third-order valence-electron chi connectivity index (χ3n) is 2.69. The van der Waals surface area contributed by atoms with E-state index in [1.165, 1.54) is 31.3 Å². The summed E-state index contributed by atoms with van der Waals surface area (Å²) in [4.78, 5) is 17.8. The number of rotatable bonds is 2. The van der Waals surface area contributed by atoms with Gasteiger partial charge in [0.25, 0.3) is 0 Å². The Balaban J connectivity index is 2.16. The number of thiazole rings is 1. The summed E-state index contributed by atoms with van der Waals surface area (Å²) in [5.74, 6) is -0.357. The van der Waals surface area contributed by atoms with Crippen molar-refractivity contribution >= 4 is 22.4 Å². The molecule has 0 radical (unpaired) electrons. The van der Waals surface area contributed by atoms with Crippen LogP contribution < -0.4 is 4.90 Å². The van der Waals surface area contributed by atoms with Crippen LogP contribution in [0.25, 0.3) is 0 Å². The Kier molecular flexibility index (Phi) is 2.90. The quantitative estimate of drug-likeness (QED) is 0.722. The second-order valence-electron chi connectivity index (χ2n) is 3.69. The molecule has 1 aromatic heterocycles. The van der Waals surface area contributed by atoms with Crippen LogP contribution in [0.2, 0.25) is 0 Å². The average Bonchev–Trinajstić information content (AvgIpc) is 2.84. The van der Waals surface area contributed by atoms with E-state index in [4.69, 9.17) is 0 Å². The van der Waals surface area contributed by atoms with Gasteiger partial charge in [-0.25, -0.2) is 9.78 Å². The van der Waals surface area contributed by atoms with Gasteiger partial charge in [0.05, 0.1) is 7.11 Å². The molecular formula is C10H14N2O2S. The predicted octanol–water partition coefficient (Wildman–Crippen LogP) is 1.92. The van der Waals surface area contributed by atoms with Crippen molar-refractivity contribution in [2.24, 2.45) is 0 Å². The van der Waals surface area contributed by atoms with E-state index in [0.717, 1.165) is 11.7 Å². The van der Waals surface area contributed by atoms with Crippen LogP contribution in [0.5, 0.6) is 0 Å². The van der Waals surface area contributed by atoms with Crippen molar-refractivity contribution in [2.75, 3.05) is 18.6 Å². The summed E-state index contributed by atoms with van der Waals surface area (Å²) < 4.78 is 4.63. The molecule has 0 bridgehead atoms. The summed E-state index contributed by atoms with van der Waals surface area (Å²) in [6.07, 6.45) is 2.40. The van der Waals surface area contributed by atoms with Gasteiger partial charge in [0.2, 0.25) is 0 Å². The molecule has 0 saturated carbocycles. The molecule has 0 N–H and O–H groups in total. The fourth-order valence-electron chi connectivity index (χ4n) is 1.81. The van der Waals surface area contributed by atoms with E-state index in [1.54, 1.807) is 5.38 Å². The lowest BCUT2D eigenvalue weighted by Crippen LogP contribution is -2.26. The van der Waals surface area contributed by atoms with Crippen LogP contribution in [-0.4, -0.2) is 30.6 Å². The third kappa shape index (κ3) is 1.97. The lowest BCUT2D eigenvalue weighted by molar-refractivity contribution is 0.0595. The molecule has 1 atom stereocenters. The fraction of sp³-hybridized carbons (Fsp3) is 0.600. The third-order valence-corrected chi connectivity index (χ3v) is 3.56. The highest BCUT2D eigenvalue weighted by molar-refractivity contribution is 7.13. The molecule has 0 amide bonds. The number of hydrogen-bond donors (Lipinski definition) is 0. The summed E-state index contributed by atoms with van der Waals surface area (Å²) in [6, 6.07) is 0.529. The molecule has 1 aliphatic heterocycles. The number of hydrogen-bond acceptors (Lipinski definition) is 5. The SMILES string of the molecule is COC(=O)c1csc(N2CCCC2C)n1. The fourth-order valence-corrected chi connectivity index (χ4v) is 2.74. The van der Waals surface area contributed by atoms with E-state index in [9.17, 15) is 4.79 Å². The second-order valence-corrected chi connectivity index (χ2v) is 4.53. The van der Waals surface area contributed by atoms with Gasteiger partial charge in [0.15, 0.2) is 10.8 Å². The van der Waals surface area contributed by atoms with Gasteiger partial charge < -0.3 is 9.64 Å². The zero-order valence-corrected chi connectivity index (χ0v) is 9.71. The zero-order chi connectivity index (χ0) is 10.8. The van der Waals surface area contributed by atoms with Gasteiger partial charge in [-0.2, -0.15) is 0 Å². The Morgan fingerprint density at radius 2 is 2.53 bits per heavy atom. The number of esters is 1. The Labute approximate surface area is 92.9 Å². The summed E-state index contributed by atoms with van der Waals surface area (Å²) in [5.41, 5.74) is 0.414. The maximum Gasteiger partial charge on any atom is 0.357 e. The van der Waals surface area contributed by atoms with Crippen molar-refractivity contribution in [3.05, 3.63) is 11.1 Å². The minimum atomic E-state index is -0.357. The molecular weight excluding hydrogens is 212 g/mol. The van der Waals surface area contributed by atoms with Gasteiger partial charge in [-0.15, -0.1) is 11.3 Å². The average molecular weight is 226 g/mol. The van der Waals surface area contributed by atoms with Crippen LogP contribution in [0.4, 0.5) is 5.13 Å². The number of anilines is 1. The Bertz CT molecular complexity index is 364. The molecule has 1 aliphatic rings. The van der Waals surface area contributed by atoms with Gasteiger partial charge in [0, 0.05) is 18.0 Å². The van der Waals surface area contributed by atoms with Gasteiger partial charge in [-0.05, 0) is 19.8 Å². The molecule has 0 spiro atoms. The van der Waals surface area contributed by atoms with E-state index in [2.05, 4.69) is 21.5 Å². The van der Waals surface area contributed by atoms with Gasteiger partial charge in [-0.3, -0.25) is 0 Å². The standard InChI is InChI=1S/C10H14N2O2S/c1-7-4-3-5-12(7)10-11-8(6-15-10)9(13)14-2/h6-7H,3-5H2,1-2H3. The minimum absolute atomic E-state index is 0.357. The molecule has 2 rings (SSSR count). The first-order chi connectivity index (χ1) is 7.22. The summed E-state index contributed by atoms with van der Waals surface area (Å²) in [6.45, 7) is 3.22. The number of methoxy groups -OCH3 is 1. The van der Waals surface area contributed by atoms with E-state index in [1.807, 2.05) is 0 Å². The Morgan fingerprint density at radius 1 is 1.73 bits per heavy atom. The highest BCUT2D eigenvalue weighted by atomic mass is 32.1. The van der Waals surface area contributed by atoms with Crippen molar-refractivity contribution in [1.29, 1.82) is 0 Å². The van der Waals surface area contributed by atoms with Crippen LogP contribution >= 0.6 is 11.3 Å². The molecule has 0 aromatic carbocycles. The Morgan fingerprint density at radius 3 is 3.13 bits per heavy atom. The van der Waals surface area contributed by atoms with Crippen LogP contribution in [-0.2, 0) is 4.74 Å². The van der Waals surface area contributed by atoms with E-state index in [-0.39, 0.29) is 5.97 Å². The predicted molar refractivity (Wildman–Crippen MR) is 59.5 cm³/mol. The van der Waals surface area contributed by atoms with E-state index in [0.29, 0.717) is 11.7 Å². The molecule has 1 saturated heterocycles. The summed E-state index contributed by atoms with van der Waals surface area (Å²) in [5, 5.41) is 2.69. The van der Waals surface area contributed by atoms with Crippen molar-refractivity contribution in [1.82, 2.24) is 4.98 Å². The van der Waals surface area contributed by atoms with Gasteiger partial charge >= 0.3 is 5.97 Å². The molecule has 2 heterocycles. The molecule has 1 unspecified atom stereocenters. The minimum Gasteiger partial charge on any atom is -0.464 e. The van der Waals surface area contributed by atoms with Crippen LogP contribution in [0, 0.1) is 0 Å². The first kappa shape index (κ1) is 10.4. The molecule has 1 fully saturated rings. The van der Waals surface area contributed by atoms with Crippen molar-refractivity contribution in [3.8, 4) is 0 Å². The highest BCUT2D eigenvalue weighted by Crippen LogP contribution is 2.28. The van der Waals surface area contributed by atoms with E-state index >= 15 is 0 Å². The molecule has 4 nitrogen and oxygen atoms in total. The number of ether oxygens (including phenoxy) is 1.